The maximum absolute atomic E-state index is 12.0. The van der Waals surface area contributed by atoms with Crippen molar-refractivity contribution in [2.24, 2.45) is 11.7 Å². The van der Waals surface area contributed by atoms with E-state index in [1.807, 2.05) is 11.9 Å². The van der Waals surface area contributed by atoms with E-state index in [0.29, 0.717) is 12.5 Å². The Morgan fingerprint density at radius 2 is 2.13 bits per heavy atom. The number of nitrogens with zero attached hydrogens (tertiary/aromatic N) is 1. The summed E-state index contributed by atoms with van der Waals surface area (Å²) in [5.41, 5.74) is 5.91. The Kier molecular flexibility index (Phi) is 2.75. The van der Waals surface area contributed by atoms with Crippen molar-refractivity contribution in [3.63, 3.8) is 0 Å². The minimum atomic E-state index is -0.172. The van der Waals surface area contributed by atoms with Gasteiger partial charge in [-0.3, -0.25) is 4.79 Å². The lowest BCUT2D eigenvalue weighted by atomic mass is 9.75. The lowest BCUT2D eigenvalue weighted by molar-refractivity contribution is -0.134. The third-order valence-corrected chi connectivity index (χ3v) is 4.16. The van der Waals surface area contributed by atoms with E-state index < -0.39 is 0 Å². The van der Waals surface area contributed by atoms with Crippen molar-refractivity contribution in [3.8, 4) is 0 Å². The highest BCUT2D eigenvalue weighted by Gasteiger charge is 2.38. The second-order valence-electron chi connectivity index (χ2n) is 5.48. The van der Waals surface area contributed by atoms with Crippen LogP contribution in [0.5, 0.6) is 0 Å². The number of rotatable bonds is 4. The Morgan fingerprint density at radius 3 is 2.53 bits per heavy atom. The second kappa shape index (κ2) is 3.78. The highest BCUT2D eigenvalue weighted by atomic mass is 16.2. The fraction of sp³-hybridized carbons (Fsp3) is 0.917. The van der Waals surface area contributed by atoms with Crippen molar-refractivity contribution in [3.05, 3.63) is 0 Å². The van der Waals surface area contributed by atoms with Crippen molar-refractivity contribution in [2.45, 2.75) is 57.0 Å². The molecule has 3 heteroatoms. The van der Waals surface area contributed by atoms with E-state index in [1.54, 1.807) is 0 Å². The first-order valence-electron chi connectivity index (χ1n) is 6.06. The zero-order chi connectivity index (χ0) is 11.1. The topological polar surface area (TPSA) is 46.3 Å². The summed E-state index contributed by atoms with van der Waals surface area (Å²) in [5.74, 6) is 0.977. The van der Waals surface area contributed by atoms with Gasteiger partial charge >= 0.3 is 0 Å². The van der Waals surface area contributed by atoms with Crippen molar-refractivity contribution in [1.82, 2.24) is 4.90 Å². The molecule has 15 heavy (non-hydrogen) atoms. The summed E-state index contributed by atoms with van der Waals surface area (Å²) in [5, 5.41) is 0. The van der Waals surface area contributed by atoms with Gasteiger partial charge in [0.2, 0.25) is 5.91 Å². The summed E-state index contributed by atoms with van der Waals surface area (Å²) in [4.78, 5) is 13.9. The van der Waals surface area contributed by atoms with Crippen LogP contribution in [-0.4, -0.2) is 29.4 Å². The fourth-order valence-electron chi connectivity index (χ4n) is 2.36. The molecule has 1 amide bonds. The molecule has 2 aliphatic carbocycles. The summed E-state index contributed by atoms with van der Waals surface area (Å²) in [6, 6.07) is 0.404. The van der Waals surface area contributed by atoms with E-state index in [9.17, 15) is 4.79 Å². The molecule has 86 valence electrons. The third kappa shape index (κ3) is 2.33. The minimum Gasteiger partial charge on any atom is -0.343 e. The highest BCUT2D eigenvalue weighted by Crippen LogP contribution is 2.36. The maximum Gasteiger partial charge on any atom is 0.224 e. The molecule has 0 bridgehead atoms. The van der Waals surface area contributed by atoms with Gasteiger partial charge < -0.3 is 10.6 Å². The average Bonchev–Trinajstić information content (AvgIpc) is 2.96. The van der Waals surface area contributed by atoms with Gasteiger partial charge in [0.05, 0.1) is 0 Å². The fourth-order valence-corrected chi connectivity index (χ4v) is 2.36. The standard InChI is InChI=1S/C12H22N2O/c1-9(10-4-5-10)14(2)11(15)8-12(13)6-3-7-12/h9-10H,3-8,13H2,1-2H3. The molecule has 2 N–H and O–H groups in total. The molecule has 0 radical (unpaired) electrons. The van der Waals surface area contributed by atoms with Crippen LogP contribution in [0.2, 0.25) is 0 Å². The van der Waals surface area contributed by atoms with Crippen LogP contribution in [0.1, 0.15) is 45.4 Å². The molecule has 0 aliphatic heterocycles. The van der Waals surface area contributed by atoms with Crippen molar-refractivity contribution < 1.29 is 4.79 Å². The quantitative estimate of drug-likeness (QED) is 0.764. The van der Waals surface area contributed by atoms with E-state index in [1.165, 1.54) is 19.3 Å². The molecule has 1 unspecified atom stereocenters. The molecule has 0 spiro atoms. The molecule has 0 aromatic heterocycles. The number of nitrogens with two attached hydrogens (primary N) is 1. The molecule has 2 aliphatic rings. The first kappa shape index (κ1) is 10.9. The smallest absolute Gasteiger partial charge is 0.224 e. The molecule has 2 fully saturated rings. The zero-order valence-corrected chi connectivity index (χ0v) is 9.83. The van der Waals surface area contributed by atoms with E-state index in [4.69, 9.17) is 5.73 Å². The van der Waals surface area contributed by atoms with Gasteiger partial charge in [0.1, 0.15) is 0 Å². The summed E-state index contributed by atoms with van der Waals surface area (Å²) in [6.07, 6.45) is 6.33. The molecule has 0 heterocycles. The Balaban J connectivity index is 1.83. The van der Waals surface area contributed by atoms with Gasteiger partial charge in [-0.25, -0.2) is 0 Å². The molecule has 1 atom stereocenters. The number of amides is 1. The normalized spacial score (nSPS) is 25.5. The van der Waals surface area contributed by atoms with Gasteiger partial charge in [0.15, 0.2) is 0 Å². The molecular formula is C12H22N2O. The van der Waals surface area contributed by atoms with Crippen LogP contribution in [0.4, 0.5) is 0 Å². The summed E-state index contributed by atoms with van der Waals surface area (Å²) in [6.45, 7) is 2.15. The van der Waals surface area contributed by atoms with Crippen LogP contribution in [0.3, 0.4) is 0 Å². The van der Waals surface area contributed by atoms with Crippen LogP contribution in [0, 0.1) is 5.92 Å². The van der Waals surface area contributed by atoms with Crippen LogP contribution in [0.15, 0.2) is 0 Å². The average molecular weight is 210 g/mol. The number of hydrogen-bond acceptors (Lipinski definition) is 2. The molecule has 0 aromatic rings. The van der Waals surface area contributed by atoms with Crippen molar-refractivity contribution in [2.75, 3.05) is 7.05 Å². The van der Waals surface area contributed by atoms with Crippen LogP contribution in [-0.2, 0) is 4.79 Å². The molecule has 2 rings (SSSR count). The Labute approximate surface area is 92.0 Å². The van der Waals surface area contributed by atoms with E-state index in [-0.39, 0.29) is 11.4 Å². The first-order chi connectivity index (χ1) is 7.02. The lowest BCUT2D eigenvalue weighted by Gasteiger charge is -2.39. The van der Waals surface area contributed by atoms with Gasteiger partial charge in [-0.1, -0.05) is 0 Å². The summed E-state index contributed by atoms with van der Waals surface area (Å²) >= 11 is 0. The first-order valence-corrected chi connectivity index (χ1v) is 6.06. The number of hydrogen-bond donors (Lipinski definition) is 1. The maximum atomic E-state index is 12.0. The molecule has 3 nitrogen and oxygen atoms in total. The SMILES string of the molecule is CC(C1CC1)N(C)C(=O)CC1(N)CCC1. The monoisotopic (exact) mass is 210 g/mol. The molecule has 0 aromatic carbocycles. The van der Waals surface area contributed by atoms with Crippen LogP contribution in [0.25, 0.3) is 0 Å². The lowest BCUT2D eigenvalue weighted by Crippen LogP contribution is -2.51. The summed E-state index contributed by atoms with van der Waals surface area (Å²) in [7, 11) is 1.92. The minimum absolute atomic E-state index is 0.172. The largest absolute Gasteiger partial charge is 0.343 e. The van der Waals surface area contributed by atoms with Crippen LogP contribution < -0.4 is 5.73 Å². The Bertz CT molecular complexity index is 256. The Morgan fingerprint density at radius 1 is 1.53 bits per heavy atom. The van der Waals surface area contributed by atoms with Gasteiger partial charge in [-0.15, -0.1) is 0 Å². The van der Waals surface area contributed by atoms with E-state index >= 15 is 0 Å². The van der Waals surface area contributed by atoms with Gasteiger partial charge in [0.25, 0.3) is 0 Å². The number of carbonyl (C=O) groups excluding carboxylic acids is 1. The Hall–Kier alpha value is -0.570. The van der Waals surface area contributed by atoms with Gasteiger partial charge in [-0.2, -0.15) is 0 Å². The molecular weight excluding hydrogens is 188 g/mol. The van der Waals surface area contributed by atoms with Crippen molar-refractivity contribution in [1.29, 1.82) is 0 Å². The molecule has 0 saturated heterocycles. The highest BCUT2D eigenvalue weighted by molar-refractivity contribution is 5.77. The van der Waals surface area contributed by atoms with Crippen molar-refractivity contribution >= 4 is 5.91 Å². The summed E-state index contributed by atoms with van der Waals surface area (Å²) < 4.78 is 0. The predicted octanol–water partition coefficient (Wildman–Crippen LogP) is 1.51. The van der Waals surface area contributed by atoms with E-state index in [0.717, 1.165) is 18.8 Å². The number of carbonyl (C=O) groups is 1. The van der Waals surface area contributed by atoms with Gasteiger partial charge in [0, 0.05) is 25.0 Å². The molecule has 2 saturated carbocycles. The van der Waals surface area contributed by atoms with Gasteiger partial charge in [-0.05, 0) is 44.9 Å². The van der Waals surface area contributed by atoms with Crippen LogP contribution >= 0.6 is 0 Å². The second-order valence-corrected chi connectivity index (χ2v) is 5.48. The van der Waals surface area contributed by atoms with E-state index in [2.05, 4.69) is 6.92 Å². The predicted molar refractivity (Wildman–Crippen MR) is 60.3 cm³/mol. The third-order valence-electron chi connectivity index (χ3n) is 4.16. The zero-order valence-electron chi connectivity index (χ0n) is 9.83.